The molecule has 0 aliphatic rings. The van der Waals surface area contributed by atoms with Crippen molar-refractivity contribution >= 4 is 5.91 Å². The van der Waals surface area contributed by atoms with E-state index in [9.17, 15) is 4.79 Å². The predicted molar refractivity (Wildman–Crippen MR) is 124 cm³/mol. The molecule has 0 radical (unpaired) electrons. The zero-order valence-corrected chi connectivity index (χ0v) is 19.4. The Hall–Kier alpha value is -3.62. The van der Waals surface area contributed by atoms with Crippen LogP contribution in [0, 0.1) is 0 Å². The molecule has 2 aromatic carbocycles. The van der Waals surface area contributed by atoms with Crippen LogP contribution in [-0.4, -0.2) is 45.9 Å². The second-order valence-corrected chi connectivity index (χ2v) is 7.29. The maximum absolute atomic E-state index is 12.3. The molecule has 9 nitrogen and oxygen atoms in total. The van der Waals surface area contributed by atoms with Gasteiger partial charge >= 0.3 is 0 Å². The number of carbonyl (C=O) groups excluding carboxylic acids is 1. The fourth-order valence-electron chi connectivity index (χ4n) is 3.04. The van der Waals surface area contributed by atoms with Gasteiger partial charge in [0.15, 0.2) is 11.5 Å². The van der Waals surface area contributed by atoms with Gasteiger partial charge in [-0.1, -0.05) is 25.5 Å². The number of hydrogen-bond acceptors (Lipinski definition) is 7. The number of hydrogen-bond donors (Lipinski definition) is 1. The van der Waals surface area contributed by atoms with Gasteiger partial charge in [0.05, 0.1) is 19.8 Å². The van der Waals surface area contributed by atoms with E-state index < -0.39 is 0 Å². The van der Waals surface area contributed by atoms with E-state index in [1.54, 1.807) is 0 Å². The molecule has 0 saturated carbocycles. The normalized spacial score (nSPS) is 10.6. The van der Waals surface area contributed by atoms with Crippen LogP contribution in [0.3, 0.4) is 0 Å². The van der Waals surface area contributed by atoms with Gasteiger partial charge in [0.2, 0.25) is 11.7 Å². The Bertz CT molecular complexity index is 1020. The van der Waals surface area contributed by atoms with Gasteiger partial charge in [0, 0.05) is 12.1 Å². The lowest BCUT2D eigenvalue weighted by atomic mass is 10.2. The van der Waals surface area contributed by atoms with Crippen LogP contribution in [0.5, 0.6) is 17.2 Å². The van der Waals surface area contributed by atoms with Gasteiger partial charge in [-0.2, -0.15) is 4.80 Å². The molecule has 1 heterocycles. The minimum Gasteiger partial charge on any atom is -0.494 e. The predicted octanol–water partition coefficient (Wildman–Crippen LogP) is 3.63. The SMILES string of the molecule is CCCCOc1ccc(CNC(=O)Cn2nnc(-c3ccc(OCC)c(OCC)c3)n2)cc1. The lowest BCUT2D eigenvalue weighted by molar-refractivity contribution is -0.122. The van der Waals surface area contributed by atoms with E-state index in [1.807, 2.05) is 56.3 Å². The minimum atomic E-state index is -0.205. The molecule has 176 valence electrons. The van der Waals surface area contributed by atoms with Crippen molar-refractivity contribution in [3.63, 3.8) is 0 Å². The van der Waals surface area contributed by atoms with Crippen molar-refractivity contribution in [3.8, 4) is 28.6 Å². The van der Waals surface area contributed by atoms with Crippen LogP contribution in [0.1, 0.15) is 39.2 Å². The summed E-state index contributed by atoms with van der Waals surface area (Å²) < 4.78 is 16.9. The van der Waals surface area contributed by atoms with Crippen molar-refractivity contribution in [2.45, 2.75) is 46.7 Å². The minimum absolute atomic E-state index is 0.0272. The van der Waals surface area contributed by atoms with E-state index in [0.717, 1.165) is 29.7 Å². The van der Waals surface area contributed by atoms with Crippen LogP contribution in [0.25, 0.3) is 11.4 Å². The average molecular weight is 454 g/mol. The molecule has 0 aliphatic carbocycles. The van der Waals surface area contributed by atoms with Crippen molar-refractivity contribution < 1.29 is 19.0 Å². The molecule has 0 unspecified atom stereocenters. The van der Waals surface area contributed by atoms with E-state index in [4.69, 9.17) is 14.2 Å². The van der Waals surface area contributed by atoms with E-state index in [-0.39, 0.29) is 12.5 Å². The maximum atomic E-state index is 12.3. The molecule has 33 heavy (non-hydrogen) atoms. The monoisotopic (exact) mass is 453 g/mol. The Kier molecular flexibility index (Phi) is 9.05. The fourth-order valence-corrected chi connectivity index (χ4v) is 3.04. The Morgan fingerprint density at radius 2 is 1.73 bits per heavy atom. The smallest absolute Gasteiger partial charge is 0.243 e. The number of carbonyl (C=O) groups is 1. The van der Waals surface area contributed by atoms with Gasteiger partial charge in [0.1, 0.15) is 12.3 Å². The molecule has 3 aromatic rings. The molecule has 1 amide bonds. The third-order valence-corrected chi connectivity index (χ3v) is 4.72. The summed E-state index contributed by atoms with van der Waals surface area (Å²) in [5.74, 6) is 2.32. The van der Waals surface area contributed by atoms with Crippen LogP contribution in [0.15, 0.2) is 42.5 Å². The number of tetrazole rings is 1. The maximum Gasteiger partial charge on any atom is 0.243 e. The first-order valence-electron chi connectivity index (χ1n) is 11.3. The zero-order valence-electron chi connectivity index (χ0n) is 19.4. The van der Waals surface area contributed by atoms with Gasteiger partial charge in [0.25, 0.3) is 0 Å². The number of amides is 1. The molecule has 0 saturated heterocycles. The lowest BCUT2D eigenvalue weighted by Crippen LogP contribution is -2.28. The van der Waals surface area contributed by atoms with Gasteiger partial charge in [-0.25, -0.2) is 0 Å². The molecule has 3 rings (SSSR count). The summed E-state index contributed by atoms with van der Waals surface area (Å²) in [6.07, 6.45) is 2.13. The third-order valence-electron chi connectivity index (χ3n) is 4.72. The fraction of sp³-hybridized carbons (Fsp3) is 0.417. The van der Waals surface area contributed by atoms with Gasteiger partial charge in [-0.05, 0) is 61.4 Å². The summed E-state index contributed by atoms with van der Waals surface area (Å²) >= 11 is 0. The van der Waals surface area contributed by atoms with Crippen molar-refractivity contribution in [2.75, 3.05) is 19.8 Å². The number of benzene rings is 2. The second-order valence-electron chi connectivity index (χ2n) is 7.29. The summed E-state index contributed by atoms with van der Waals surface area (Å²) in [5, 5.41) is 15.3. The Morgan fingerprint density at radius 1 is 0.970 bits per heavy atom. The van der Waals surface area contributed by atoms with Crippen molar-refractivity contribution in [2.24, 2.45) is 0 Å². The van der Waals surface area contributed by atoms with Gasteiger partial charge in [-0.15, -0.1) is 10.2 Å². The molecule has 0 fully saturated rings. The first kappa shape index (κ1) is 24.0. The topological polar surface area (TPSA) is 100 Å². The highest BCUT2D eigenvalue weighted by Crippen LogP contribution is 2.31. The summed E-state index contributed by atoms with van der Waals surface area (Å²) in [6.45, 7) is 8.10. The first-order chi connectivity index (χ1) is 16.1. The van der Waals surface area contributed by atoms with Crippen LogP contribution in [-0.2, 0) is 17.9 Å². The molecule has 0 bridgehead atoms. The molecular weight excluding hydrogens is 422 g/mol. The van der Waals surface area contributed by atoms with Crippen LogP contribution in [0.2, 0.25) is 0 Å². The van der Waals surface area contributed by atoms with Crippen LogP contribution in [0.4, 0.5) is 0 Å². The van der Waals surface area contributed by atoms with Gasteiger partial charge < -0.3 is 19.5 Å². The third kappa shape index (κ3) is 7.20. The van der Waals surface area contributed by atoms with Crippen molar-refractivity contribution in [1.29, 1.82) is 0 Å². The molecule has 0 atom stereocenters. The van der Waals surface area contributed by atoms with E-state index >= 15 is 0 Å². The molecule has 9 heteroatoms. The Balaban J connectivity index is 1.54. The molecular formula is C24H31N5O4. The second kappa shape index (κ2) is 12.4. The molecule has 1 N–H and O–H groups in total. The van der Waals surface area contributed by atoms with E-state index in [0.29, 0.717) is 43.7 Å². The van der Waals surface area contributed by atoms with E-state index in [1.165, 1.54) is 4.80 Å². The quantitative estimate of drug-likeness (QED) is 0.394. The highest BCUT2D eigenvalue weighted by molar-refractivity contribution is 5.75. The summed E-state index contributed by atoms with van der Waals surface area (Å²) in [7, 11) is 0. The van der Waals surface area contributed by atoms with Crippen molar-refractivity contribution in [3.05, 3.63) is 48.0 Å². The van der Waals surface area contributed by atoms with E-state index in [2.05, 4.69) is 27.7 Å². The number of rotatable bonds is 13. The van der Waals surface area contributed by atoms with Crippen LogP contribution < -0.4 is 19.5 Å². The average Bonchev–Trinajstić information content (AvgIpc) is 3.28. The first-order valence-corrected chi connectivity index (χ1v) is 11.3. The summed E-state index contributed by atoms with van der Waals surface area (Å²) in [5.41, 5.74) is 1.71. The molecule has 0 aliphatic heterocycles. The van der Waals surface area contributed by atoms with Crippen molar-refractivity contribution in [1.82, 2.24) is 25.5 Å². The standard InChI is InChI=1S/C24H31N5O4/c1-4-7-14-33-20-11-8-18(9-12-20)16-25-23(30)17-29-27-24(26-28-29)19-10-13-21(31-5-2)22(15-19)32-6-3/h8-13,15H,4-7,14,16-17H2,1-3H3,(H,25,30). The lowest BCUT2D eigenvalue weighted by Gasteiger charge is -2.11. The Labute approximate surface area is 194 Å². The van der Waals surface area contributed by atoms with Crippen LogP contribution >= 0.6 is 0 Å². The molecule has 0 spiro atoms. The number of aromatic nitrogens is 4. The highest BCUT2D eigenvalue weighted by atomic mass is 16.5. The summed E-state index contributed by atoms with van der Waals surface area (Å²) in [6, 6.07) is 13.2. The molecule has 1 aromatic heterocycles. The Morgan fingerprint density at radius 3 is 2.45 bits per heavy atom. The number of nitrogens with zero attached hydrogens (tertiary/aromatic N) is 4. The zero-order chi connectivity index (χ0) is 23.5. The summed E-state index contributed by atoms with van der Waals surface area (Å²) in [4.78, 5) is 13.6. The number of ether oxygens (including phenoxy) is 3. The number of unbranched alkanes of at least 4 members (excludes halogenated alkanes) is 1. The number of nitrogens with one attached hydrogen (secondary N) is 1. The van der Waals surface area contributed by atoms with Gasteiger partial charge in [-0.3, -0.25) is 4.79 Å². The largest absolute Gasteiger partial charge is 0.494 e. The highest BCUT2D eigenvalue weighted by Gasteiger charge is 2.13.